The first kappa shape index (κ1) is 12.7. The maximum atomic E-state index is 9.52. The van der Waals surface area contributed by atoms with Crippen LogP contribution in [0.1, 0.15) is 29.7 Å². The molecule has 0 heterocycles. The highest BCUT2D eigenvalue weighted by atomic mass is 16.5. The molecule has 94 valence electrons. The molecule has 0 spiro atoms. The van der Waals surface area contributed by atoms with Gasteiger partial charge in [0.05, 0.1) is 6.10 Å². The molecular weight excluding hydrogens is 224 g/mol. The van der Waals surface area contributed by atoms with Gasteiger partial charge in [0.25, 0.3) is 0 Å². The van der Waals surface area contributed by atoms with E-state index in [0.29, 0.717) is 6.61 Å². The average molecular weight is 242 g/mol. The first-order valence-corrected chi connectivity index (χ1v) is 6.12. The van der Waals surface area contributed by atoms with Gasteiger partial charge in [-0.3, -0.25) is 0 Å². The molecule has 0 fully saturated rings. The second-order valence-electron chi connectivity index (χ2n) is 4.46. The van der Waals surface area contributed by atoms with Gasteiger partial charge in [-0.2, -0.15) is 0 Å². The van der Waals surface area contributed by atoms with Crippen LogP contribution in [-0.4, -0.2) is 5.11 Å². The van der Waals surface area contributed by atoms with Gasteiger partial charge in [0.15, 0.2) is 0 Å². The third kappa shape index (κ3) is 3.11. The number of hydrogen-bond acceptors (Lipinski definition) is 2. The highest BCUT2D eigenvalue weighted by Gasteiger charge is 2.03. The van der Waals surface area contributed by atoms with Gasteiger partial charge in [0.1, 0.15) is 12.4 Å². The summed E-state index contributed by atoms with van der Waals surface area (Å²) < 4.78 is 5.75. The number of aliphatic hydroxyl groups is 1. The van der Waals surface area contributed by atoms with Gasteiger partial charge in [-0.05, 0) is 42.7 Å². The fourth-order valence-corrected chi connectivity index (χ4v) is 1.80. The number of hydrogen-bond donors (Lipinski definition) is 1. The van der Waals surface area contributed by atoms with Crippen molar-refractivity contribution in [1.29, 1.82) is 0 Å². The molecular formula is C16H18O2. The summed E-state index contributed by atoms with van der Waals surface area (Å²) in [7, 11) is 0. The predicted molar refractivity (Wildman–Crippen MR) is 72.6 cm³/mol. The Morgan fingerprint density at radius 3 is 2.61 bits per heavy atom. The summed E-state index contributed by atoms with van der Waals surface area (Å²) in [6, 6.07) is 15.7. The molecule has 0 aliphatic carbocycles. The number of benzene rings is 2. The summed E-state index contributed by atoms with van der Waals surface area (Å²) in [5.74, 6) is 0.789. The summed E-state index contributed by atoms with van der Waals surface area (Å²) >= 11 is 0. The maximum absolute atomic E-state index is 9.52. The lowest BCUT2D eigenvalue weighted by Crippen LogP contribution is -1.98. The SMILES string of the molecule is Cc1ccccc1COc1cccc([C@H](C)O)c1. The van der Waals surface area contributed by atoms with E-state index in [1.807, 2.05) is 36.4 Å². The molecule has 0 aromatic heterocycles. The lowest BCUT2D eigenvalue weighted by molar-refractivity contribution is 0.198. The molecule has 2 aromatic carbocycles. The minimum Gasteiger partial charge on any atom is -0.489 e. The summed E-state index contributed by atoms with van der Waals surface area (Å²) in [6.07, 6.45) is -0.466. The number of rotatable bonds is 4. The molecule has 0 radical (unpaired) electrons. The second-order valence-corrected chi connectivity index (χ2v) is 4.46. The Labute approximate surface area is 108 Å². The van der Waals surface area contributed by atoms with Gasteiger partial charge in [0.2, 0.25) is 0 Å². The van der Waals surface area contributed by atoms with Crippen LogP contribution in [0.25, 0.3) is 0 Å². The van der Waals surface area contributed by atoms with E-state index >= 15 is 0 Å². The van der Waals surface area contributed by atoms with Crippen molar-refractivity contribution in [3.63, 3.8) is 0 Å². The summed E-state index contributed by atoms with van der Waals surface area (Å²) in [5, 5.41) is 9.52. The highest BCUT2D eigenvalue weighted by Crippen LogP contribution is 2.20. The standard InChI is InChI=1S/C16H18O2/c1-12-6-3-4-7-15(12)11-18-16-9-5-8-14(10-16)13(2)17/h3-10,13,17H,11H2,1-2H3/t13-/m0/s1. The van der Waals surface area contributed by atoms with E-state index in [1.54, 1.807) is 6.92 Å². The molecule has 2 aromatic rings. The van der Waals surface area contributed by atoms with Crippen LogP contribution in [0, 0.1) is 6.92 Å². The summed E-state index contributed by atoms with van der Waals surface area (Å²) in [6.45, 7) is 4.38. The minimum atomic E-state index is -0.466. The van der Waals surface area contributed by atoms with Gasteiger partial charge in [-0.15, -0.1) is 0 Å². The van der Waals surface area contributed by atoms with Crippen molar-refractivity contribution in [3.8, 4) is 5.75 Å². The van der Waals surface area contributed by atoms with E-state index in [9.17, 15) is 5.11 Å². The molecule has 0 amide bonds. The van der Waals surface area contributed by atoms with Crippen LogP contribution in [0.5, 0.6) is 5.75 Å². The normalized spacial score (nSPS) is 12.2. The fraction of sp³-hybridized carbons (Fsp3) is 0.250. The summed E-state index contributed by atoms with van der Waals surface area (Å²) in [4.78, 5) is 0. The minimum absolute atomic E-state index is 0.466. The van der Waals surface area contributed by atoms with Crippen molar-refractivity contribution in [1.82, 2.24) is 0 Å². The average Bonchev–Trinajstić information content (AvgIpc) is 2.38. The molecule has 0 unspecified atom stereocenters. The van der Waals surface area contributed by atoms with Crippen molar-refractivity contribution in [3.05, 3.63) is 65.2 Å². The van der Waals surface area contributed by atoms with Crippen molar-refractivity contribution in [2.75, 3.05) is 0 Å². The van der Waals surface area contributed by atoms with Crippen LogP contribution in [0.15, 0.2) is 48.5 Å². The van der Waals surface area contributed by atoms with Crippen molar-refractivity contribution < 1.29 is 9.84 Å². The second kappa shape index (κ2) is 5.69. The number of aryl methyl sites for hydroxylation is 1. The van der Waals surface area contributed by atoms with Gasteiger partial charge >= 0.3 is 0 Å². The molecule has 2 rings (SSSR count). The molecule has 0 saturated heterocycles. The fourth-order valence-electron chi connectivity index (χ4n) is 1.80. The molecule has 0 aliphatic heterocycles. The van der Waals surface area contributed by atoms with Crippen LogP contribution >= 0.6 is 0 Å². The zero-order chi connectivity index (χ0) is 13.0. The van der Waals surface area contributed by atoms with Crippen molar-refractivity contribution >= 4 is 0 Å². The molecule has 2 heteroatoms. The largest absolute Gasteiger partial charge is 0.489 e. The zero-order valence-corrected chi connectivity index (χ0v) is 10.8. The zero-order valence-electron chi connectivity index (χ0n) is 10.8. The first-order chi connectivity index (χ1) is 8.66. The van der Waals surface area contributed by atoms with E-state index in [1.165, 1.54) is 11.1 Å². The third-order valence-corrected chi connectivity index (χ3v) is 3.00. The van der Waals surface area contributed by atoms with Crippen molar-refractivity contribution in [2.24, 2.45) is 0 Å². The van der Waals surface area contributed by atoms with E-state index in [0.717, 1.165) is 11.3 Å². The Morgan fingerprint density at radius 2 is 1.89 bits per heavy atom. The predicted octanol–water partition coefficient (Wildman–Crippen LogP) is 3.63. The Bertz CT molecular complexity index is 518. The molecule has 0 aliphatic rings. The van der Waals surface area contributed by atoms with Crippen LogP contribution in [0.3, 0.4) is 0 Å². The van der Waals surface area contributed by atoms with Gasteiger partial charge in [0, 0.05) is 0 Å². The summed E-state index contributed by atoms with van der Waals surface area (Å²) in [5.41, 5.74) is 3.28. The molecule has 0 bridgehead atoms. The lowest BCUT2D eigenvalue weighted by Gasteiger charge is -2.10. The highest BCUT2D eigenvalue weighted by molar-refractivity contribution is 5.31. The van der Waals surface area contributed by atoms with Crippen molar-refractivity contribution in [2.45, 2.75) is 26.6 Å². The van der Waals surface area contributed by atoms with Gasteiger partial charge < -0.3 is 9.84 Å². The number of ether oxygens (including phenoxy) is 1. The van der Waals surface area contributed by atoms with Crippen LogP contribution in [0.4, 0.5) is 0 Å². The van der Waals surface area contributed by atoms with E-state index < -0.39 is 6.10 Å². The van der Waals surface area contributed by atoms with Gasteiger partial charge in [-0.25, -0.2) is 0 Å². The third-order valence-electron chi connectivity index (χ3n) is 3.00. The molecule has 18 heavy (non-hydrogen) atoms. The monoisotopic (exact) mass is 242 g/mol. The molecule has 2 nitrogen and oxygen atoms in total. The topological polar surface area (TPSA) is 29.5 Å². The molecule has 0 saturated carbocycles. The van der Waals surface area contributed by atoms with Crippen LogP contribution < -0.4 is 4.74 Å². The molecule has 1 atom stereocenters. The van der Waals surface area contributed by atoms with Gasteiger partial charge in [-0.1, -0.05) is 36.4 Å². The Hall–Kier alpha value is -1.80. The van der Waals surface area contributed by atoms with E-state index in [2.05, 4.69) is 19.1 Å². The maximum Gasteiger partial charge on any atom is 0.120 e. The Morgan fingerprint density at radius 1 is 1.11 bits per heavy atom. The van der Waals surface area contributed by atoms with E-state index in [4.69, 9.17) is 4.74 Å². The van der Waals surface area contributed by atoms with E-state index in [-0.39, 0.29) is 0 Å². The Kier molecular flexibility index (Phi) is 4.00. The van der Waals surface area contributed by atoms with Crippen LogP contribution in [-0.2, 0) is 6.61 Å². The smallest absolute Gasteiger partial charge is 0.120 e. The van der Waals surface area contributed by atoms with Crippen LogP contribution in [0.2, 0.25) is 0 Å². The first-order valence-electron chi connectivity index (χ1n) is 6.12. The molecule has 1 N–H and O–H groups in total. The lowest BCUT2D eigenvalue weighted by atomic mass is 10.1. The number of aliphatic hydroxyl groups excluding tert-OH is 1. The quantitative estimate of drug-likeness (QED) is 0.887. The Balaban J connectivity index is 2.07.